The highest BCUT2D eigenvalue weighted by Gasteiger charge is 2.33. The number of ketones is 1. The maximum absolute atomic E-state index is 12.1. The lowest BCUT2D eigenvalue weighted by atomic mass is 9.78. The number of nitriles is 2. The predicted molar refractivity (Wildman–Crippen MR) is 85.8 cm³/mol. The first-order valence-electron chi connectivity index (χ1n) is 6.90. The zero-order valence-corrected chi connectivity index (χ0v) is 12.7. The summed E-state index contributed by atoms with van der Waals surface area (Å²) in [7, 11) is 0. The fraction of sp³-hybridized carbons (Fsp3) is 0.167. The highest BCUT2D eigenvalue weighted by molar-refractivity contribution is 5.97. The number of carbonyl (C=O) groups is 1. The Morgan fingerprint density at radius 3 is 2.39 bits per heavy atom. The average Bonchev–Trinajstić information content (AvgIpc) is 2.55. The molecule has 0 saturated heterocycles. The van der Waals surface area contributed by atoms with Crippen LogP contribution in [-0.4, -0.2) is 11.7 Å². The molecule has 1 aromatic carbocycles. The molecule has 1 aliphatic rings. The molecule has 0 saturated carbocycles. The van der Waals surface area contributed by atoms with Gasteiger partial charge in [-0.2, -0.15) is 10.5 Å². The molecular weight excluding hydrogens is 288 g/mol. The minimum atomic E-state index is -0.591. The minimum absolute atomic E-state index is 0.161. The van der Waals surface area contributed by atoms with Crippen LogP contribution in [0.1, 0.15) is 25.3 Å². The highest BCUT2D eigenvalue weighted by Crippen LogP contribution is 2.39. The molecule has 0 aliphatic carbocycles. The van der Waals surface area contributed by atoms with Crippen LogP contribution in [0.5, 0.6) is 0 Å². The second-order valence-electron chi connectivity index (χ2n) is 5.06. The first kappa shape index (κ1) is 16.0. The van der Waals surface area contributed by atoms with Gasteiger partial charge >= 0.3 is 0 Å². The largest absolute Gasteiger partial charge is 0.762 e. The lowest BCUT2D eigenvalue weighted by Crippen LogP contribution is -2.28. The normalized spacial score (nSPS) is 16.8. The number of dihydropyridines is 1. The molecule has 0 aromatic heterocycles. The van der Waals surface area contributed by atoms with Gasteiger partial charge in [-0.3, -0.25) is 4.79 Å². The molecule has 1 aliphatic heterocycles. The van der Waals surface area contributed by atoms with Crippen molar-refractivity contribution >= 4 is 11.7 Å². The van der Waals surface area contributed by atoms with Crippen LogP contribution in [-0.2, 0) is 4.79 Å². The summed E-state index contributed by atoms with van der Waals surface area (Å²) in [6, 6.07) is 13.0. The molecule has 2 rings (SSSR count). The molecule has 1 unspecified atom stereocenters. The Morgan fingerprint density at radius 1 is 1.26 bits per heavy atom. The Kier molecular flexibility index (Phi) is 4.57. The van der Waals surface area contributed by atoms with Gasteiger partial charge in [0.25, 0.3) is 0 Å². The van der Waals surface area contributed by atoms with Crippen molar-refractivity contribution in [1.82, 2.24) is 5.32 Å². The van der Waals surface area contributed by atoms with Crippen molar-refractivity contribution in [1.29, 1.82) is 10.5 Å². The van der Waals surface area contributed by atoms with Crippen LogP contribution < -0.4 is 5.32 Å². The van der Waals surface area contributed by atoms with E-state index in [0.29, 0.717) is 11.3 Å². The van der Waals surface area contributed by atoms with Crippen molar-refractivity contribution in [3.8, 4) is 12.1 Å². The van der Waals surface area contributed by atoms with E-state index >= 15 is 0 Å². The van der Waals surface area contributed by atoms with E-state index in [1.165, 1.54) is 6.92 Å². The SMILES string of the molecule is CC(=O)C1=C(C)NC(C(=C=[N-])C#N)=C(C#N)C1c1ccccc1. The van der Waals surface area contributed by atoms with Crippen LogP contribution in [0.25, 0.3) is 5.41 Å². The number of hydrogen-bond acceptors (Lipinski definition) is 4. The molecule has 1 aromatic rings. The smallest absolute Gasteiger partial charge is 0.158 e. The summed E-state index contributed by atoms with van der Waals surface area (Å²) in [5, 5.41) is 30.8. The quantitative estimate of drug-likeness (QED) is 0.685. The molecule has 0 amide bonds. The summed E-state index contributed by atoms with van der Waals surface area (Å²) in [6.45, 7) is 3.14. The molecule has 1 atom stereocenters. The van der Waals surface area contributed by atoms with Crippen LogP contribution in [0.4, 0.5) is 0 Å². The zero-order valence-electron chi connectivity index (χ0n) is 12.7. The molecule has 0 fully saturated rings. The maximum atomic E-state index is 12.1. The summed E-state index contributed by atoms with van der Waals surface area (Å²) >= 11 is 0. The Balaban J connectivity index is 2.79. The molecule has 0 bridgehead atoms. The van der Waals surface area contributed by atoms with Crippen molar-refractivity contribution < 1.29 is 4.79 Å². The summed E-state index contributed by atoms with van der Waals surface area (Å²) in [5.74, 6) is 1.05. The maximum Gasteiger partial charge on any atom is 0.158 e. The third-order valence-electron chi connectivity index (χ3n) is 3.67. The molecule has 5 nitrogen and oxygen atoms in total. The van der Waals surface area contributed by atoms with E-state index < -0.39 is 5.92 Å². The first-order chi connectivity index (χ1) is 11.0. The Hall–Kier alpha value is -3.40. The van der Waals surface area contributed by atoms with Gasteiger partial charge in [0.05, 0.1) is 28.8 Å². The van der Waals surface area contributed by atoms with Crippen molar-refractivity contribution in [2.75, 3.05) is 0 Å². The van der Waals surface area contributed by atoms with Crippen molar-refractivity contribution in [2.24, 2.45) is 0 Å². The molecule has 1 heterocycles. The average molecular weight is 301 g/mol. The number of benzene rings is 1. The summed E-state index contributed by atoms with van der Waals surface area (Å²) < 4.78 is 0. The van der Waals surface area contributed by atoms with E-state index in [1.54, 1.807) is 18.9 Å². The van der Waals surface area contributed by atoms with E-state index in [4.69, 9.17) is 10.7 Å². The molecule has 112 valence electrons. The van der Waals surface area contributed by atoms with Crippen molar-refractivity contribution in [2.45, 2.75) is 19.8 Å². The van der Waals surface area contributed by atoms with E-state index in [1.807, 2.05) is 30.3 Å². The monoisotopic (exact) mass is 301 g/mol. The molecule has 0 radical (unpaired) electrons. The topological polar surface area (TPSA) is 99.0 Å². The van der Waals surface area contributed by atoms with Crippen LogP contribution in [0.3, 0.4) is 0 Å². The summed E-state index contributed by atoms with van der Waals surface area (Å²) in [4.78, 5) is 12.1. The van der Waals surface area contributed by atoms with Crippen molar-refractivity contribution in [3.63, 3.8) is 0 Å². The van der Waals surface area contributed by atoms with E-state index in [-0.39, 0.29) is 22.6 Å². The number of Topliss-reactive ketones (excluding diaryl/α,β-unsaturated/α-hetero) is 1. The van der Waals surface area contributed by atoms with Crippen molar-refractivity contribution in [3.05, 3.63) is 69.4 Å². The van der Waals surface area contributed by atoms with Gasteiger partial charge in [0.15, 0.2) is 5.78 Å². The number of rotatable bonds is 3. The zero-order chi connectivity index (χ0) is 17.0. The summed E-state index contributed by atoms with van der Waals surface area (Å²) in [5.41, 5.74) is 1.97. The highest BCUT2D eigenvalue weighted by atomic mass is 16.1. The number of nitrogens with one attached hydrogen (secondary N) is 1. The standard InChI is InChI=1S/C18H13N4O/c1-11-16(12(2)23)17(13-6-4-3-5-7-13)15(10-21)18(22-11)14(8-19)9-20/h3-7,17,22H,1-2H3/q-1. The lowest BCUT2D eigenvalue weighted by Gasteiger charge is -2.29. The molecule has 0 spiro atoms. The molecular formula is C18H13N4O-. The number of allylic oxidation sites excluding steroid dienone is 4. The first-order valence-corrected chi connectivity index (χ1v) is 6.90. The van der Waals surface area contributed by atoms with Gasteiger partial charge in [-0.25, -0.2) is 5.87 Å². The van der Waals surface area contributed by atoms with Gasteiger partial charge in [-0.1, -0.05) is 30.3 Å². The fourth-order valence-corrected chi connectivity index (χ4v) is 2.73. The number of nitrogens with zero attached hydrogens (tertiary/aromatic N) is 3. The lowest BCUT2D eigenvalue weighted by molar-refractivity contribution is -0.113. The van der Waals surface area contributed by atoms with Crippen LogP contribution in [0, 0.1) is 22.7 Å². The van der Waals surface area contributed by atoms with Gasteiger partial charge in [-0.15, -0.1) is 0 Å². The number of hydrogen-bond donors (Lipinski definition) is 1. The molecule has 23 heavy (non-hydrogen) atoms. The number of carbonyl (C=O) groups excluding carboxylic acids is 1. The molecule has 5 heteroatoms. The molecule has 1 N–H and O–H groups in total. The second-order valence-corrected chi connectivity index (χ2v) is 5.06. The van der Waals surface area contributed by atoms with E-state index in [2.05, 4.69) is 11.4 Å². The minimum Gasteiger partial charge on any atom is -0.762 e. The van der Waals surface area contributed by atoms with Gasteiger partial charge in [0, 0.05) is 11.3 Å². The van der Waals surface area contributed by atoms with Gasteiger partial charge < -0.3 is 10.7 Å². The van der Waals surface area contributed by atoms with Crippen LogP contribution in [0.15, 0.2) is 58.4 Å². The van der Waals surface area contributed by atoms with Crippen LogP contribution >= 0.6 is 0 Å². The third kappa shape index (κ3) is 2.82. The Morgan fingerprint density at radius 2 is 1.91 bits per heavy atom. The Labute approximate surface area is 134 Å². The van der Waals surface area contributed by atoms with E-state index in [9.17, 15) is 10.1 Å². The Bertz CT molecular complexity index is 857. The predicted octanol–water partition coefficient (Wildman–Crippen LogP) is 2.70. The van der Waals surface area contributed by atoms with Gasteiger partial charge in [0.1, 0.15) is 6.07 Å². The van der Waals surface area contributed by atoms with Gasteiger partial charge in [-0.05, 0) is 19.4 Å². The summed E-state index contributed by atoms with van der Waals surface area (Å²) in [6.07, 6.45) is 0. The van der Waals surface area contributed by atoms with E-state index in [0.717, 1.165) is 5.56 Å². The van der Waals surface area contributed by atoms with Gasteiger partial charge in [0.2, 0.25) is 0 Å². The second kappa shape index (κ2) is 6.58. The van der Waals surface area contributed by atoms with Crippen LogP contribution in [0.2, 0.25) is 0 Å². The fourth-order valence-electron chi connectivity index (χ4n) is 2.73. The third-order valence-corrected chi connectivity index (χ3v) is 3.67.